The fourth-order valence-electron chi connectivity index (χ4n) is 1.57. The summed E-state index contributed by atoms with van der Waals surface area (Å²) in [5.41, 5.74) is 0.985. The van der Waals surface area contributed by atoms with Gasteiger partial charge in [-0.1, -0.05) is 6.07 Å². The molecule has 0 radical (unpaired) electrons. The lowest BCUT2D eigenvalue weighted by Crippen LogP contribution is -2.24. The average Bonchev–Trinajstić information content (AvgIpc) is 2.46. The SMILES string of the molecule is COCCNCCC(=O)Nc1cccc(C(=O)OC)c1. The van der Waals surface area contributed by atoms with Gasteiger partial charge in [-0.25, -0.2) is 4.79 Å². The topological polar surface area (TPSA) is 76.7 Å². The molecule has 0 bridgehead atoms. The number of ether oxygens (including phenoxy) is 2. The maximum absolute atomic E-state index is 11.7. The molecule has 0 unspecified atom stereocenters. The summed E-state index contributed by atoms with van der Waals surface area (Å²) in [6.07, 6.45) is 0.353. The molecule has 0 aromatic heterocycles. The van der Waals surface area contributed by atoms with Crippen molar-refractivity contribution in [1.29, 1.82) is 0 Å². The van der Waals surface area contributed by atoms with Crippen LogP contribution in [0.4, 0.5) is 5.69 Å². The molecule has 6 nitrogen and oxygen atoms in total. The summed E-state index contributed by atoms with van der Waals surface area (Å²) in [7, 11) is 2.95. The smallest absolute Gasteiger partial charge is 0.337 e. The van der Waals surface area contributed by atoms with E-state index in [9.17, 15) is 9.59 Å². The van der Waals surface area contributed by atoms with Gasteiger partial charge in [-0.2, -0.15) is 0 Å². The van der Waals surface area contributed by atoms with Crippen LogP contribution in [0.15, 0.2) is 24.3 Å². The van der Waals surface area contributed by atoms with Crippen molar-refractivity contribution in [2.24, 2.45) is 0 Å². The van der Waals surface area contributed by atoms with Gasteiger partial charge in [0.1, 0.15) is 0 Å². The molecule has 1 aromatic rings. The minimum absolute atomic E-state index is 0.114. The van der Waals surface area contributed by atoms with E-state index in [-0.39, 0.29) is 5.91 Å². The Morgan fingerprint density at radius 2 is 2.00 bits per heavy atom. The summed E-state index contributed by atoms with van der Waals surface area (Å²) in [6.45, 7) is 1.90. The zero-order valence-electron chi connectivity index (χ0n) is 11.8. The van der Waals surface area contributed by atoms with Crippen molar-refractivity contribution >= 4 is 17.6 Å². The third-order valence-corrected chi connectivity index (χ3v) is 2.58. The van der Waals surface area contributed by atoms with E-state index in [2.05, 4.69) is 15.4 Å². The average molecular weight is 280 g/mol. The molecule has 1 aromatic carbocycles. The van der Waals surface area contributed by atoms with Crippen LogP contribution < -0.4 is 10.6 Å². The highest BCUT2D eigenvalue weighted by Gasteiger charge is 2.07. The van der Waals surface area contributed by atoms with E-state index in [4.69, 9.17) is 4.74 Å². The summed E-state index contributed by atoms with van der Waals surface area (Å²) < 4.78 is 9.51. The Kier molecular flexibility index (Phi) is 7.31. The molecular formula is C14H20N2O4. The lowest BCUT2D eigenvalue weighted by Gasteiger charge is -2.07. The quantitative estimate of drug-likeness (QED) is 0.549. The van der Waals surface area contributed by atoms with E-state index in [1.807, 2.05) is 0 Å². The lowest BCUT2D eigenvalue weighted by molar-refractivity contribution is -0.116. The number of hydrogen-bond donors (Lipinski definition) is 2. The molecule has 0 heterocycles. The number of amides is 1. The first-order valence-corrected chi connectivity index (χ1v) is 6.35. The van der Waals surface area contributed by atoms with Gasteiger partial charge >= 0.3 is 5.97 Å². The number of carbonyl (C=O) groups excluding carboxylic acids is 2. The van der Waals surface area contributed by atoms with Gasteiger partial charge < -0.3 is 20.1 Å². The zero-order chi connectivity index (χ0) is 14.8. The first-order chi connectivity index (χ1) is 9.67. The van der Waals surface area contributed by atoms with Gasteiger partial charge in [0.15, 0.2) is 0 Å². The van der Waals surface area contributed by atoms with E-state index in [0.29, 0.717) is 37.4 Å². The Balaban J connectivity index is 2.40. The highest BCUT2D eigenvalue weighted by Crippen LogP contribution is 2.11. The number of esters is 1. The fraction of sp³-hybridized carbons (Fsp3) is 0.429. The maximum atomic E-state index is 11.7. The lowest BCUT2D eigenvalue weighted by atomic mass is 10.2. The number of hydrogen-bond acceptors (Lipinski definition) is 5. The fourth-order valence-corrected chi connectivity index (χ4v) is 1.57. The highest BCUT2D eigenvalue weighted by atomic mass is 16.5. The second-order valence-electron chi connectivity index (χ2n) is 4.11. The number of carbonyl (C=O) groups is 2. The van der Waals surface area contributed by atoms with Gasteiger partial charge in [0.25, 0.3) is 0 Å². The standard InChI is InChI=1S/C14H20N2O4/c1-19-9-8-15-7-6-13(17)16-12-5-3-4-11(10-12)14(18)20-2/h3-5,10,15H,6-9H2,1-2H3,(H,16,17). The third-order valence-electron chi connectivity index (χ3n) is 2.58. The number of anilines is 1. The molecule has 0 aliphatic carbocycles. The summed E-state index contributed by atoms with van der Waals surface area (Å²) in [5, 5.41) is 5.82. The monoisotopic (exact) mass is 280 g/mol. The van der Waals surface area contributed by atoms with Crippen molar-refractivity contribution in [3.05, 3.63) is 29.8 Å². The molecule has 0 spiro atoms. The normalized spacial score (nSPS) is 10.1. The van der Waals surface area contributed by atoms with Gasteiger partial charge in [0.2, 0.25) is 5.91 Å². The second-order valence-corrected chi connectivity index (χ2v) is 4.11. The van der Waals surface area contributed by atoms with E-state index in [0.717, 1.165) is 0 Å². The summed E-state index contributed by atoms with van der Waals surface area (Å²) >= 11 is 0. The van der Waals surface area contributed by atoms with Crippen molar-refractivity contribution in [3.63, 3.8) is 0 Å². The minimum Gasteiger partial charge on any atom is -0.465 e. The Morgan fingerprint density at radius 3 is 2.70 bits per heavy atom. The maximum Gasteiger partial charge on any atom is 0.337 e. The van der Waals surface area contributed by atoms with Crippen LogP contribution in [0.1, 0.15) is 16.8 Å². The molecule has 0 aliphatic rings. The Bertz CT molecular complexity index is 449. The first kappa shape index (κ1) is 16.1. The molecule has 110 valence electrons. The van der Waals surface area contributed by atoms with Gasteiger partial charge in [-0.15, -0.1) is 0 Å². The van der Waals surface area contributed by atoms with Gasteiger partial charge in [-0.3, -0.25) is 4.79 Å². The number of benzene rings is 1. The van der Waals surface area contributed by atoms with Crippen LogP contribution in [-0.2, 0) is 14.3 Å². The Morgan fingerprint density at radius 1 is 1.20 bits per heavy atom. The molecule has 0 saturated heterocycles. The predicted octanol–water partition coefficient (Wildman–Crippen LogP) is 1.04. The summed E-state index contributed by atoms with van der Waals surface area (Å²) in [6, 6.07) is 6.64. The van der Waals surface area contributed by atoms with Crippen LogP contribution in [0.5, 0.6) is 0 Å². The number of methoxy groups -OCH3 is 2. The first-order valence-electron chi connectivity index (χ1n) is 6.35. The highest BCUT2D eigenvalue weighted by molar-refractivity contribution is 5.94. The molecule has 2 N–H and O–H groups in total. The van der Waals surface area contributed by atoms with Crippen LogP contribution in [0.2, 0.25) is 0 Å². The molecule has 1 rings (SSSR count). The number of rotatable bonds is 8. The van der Waals surface area contributed by atoms with Crippen LogP contribution in [0, 0.1) is 0 Å². The van der Waals surface area contributed by atoms with Gasteiger partial charge in [0.05, 0.1) is 19.3 Å². The number of nitrogens with one attached hydrogen (secondary N) is 2. The summed E-state index contributed by atoms with van der Waals surface area (Å²) in [5.74, 6) is -0.542. The van der Waals surface area contributed by atoms with Crippen LogP contribution in [0.25, 0.3) is 0 Å². The zero-order valence-corrected chi connectivity index (χ0v) is 11.8. The van der Waals surface area contributed by atoms with Crippen molar-refractivity contribution in [3.8, 4) is 0 Å². The molecule has 20 heavy (non-hydrogen) atoms. The van der Waals surface area contributed by atoms with Gasteiger partial charge in [0, 0.05) is 32.3 Å². The van der Waals surface area contributed by atoms with E-state index < -0.39 is 5.97 Å². The summed E-state index contributed by atoms with van der Waals surface area (Å²) in [4.78, 5) is 23.1. The Hall–Kier alpha value is -1.92. The Labute approximate surface area is 118 Å². The van der Waals surface area contributed by atoms with Crippen molar-refractivity contribution in [2.75, 3.05) is 39.2 Å². The molecule has 0 aliphatic heterocycles. The van der Waals surface area contributed by atoms with E-state index in [1.165, 1.54) is 7.11 Å². The van der Waals surface area contributed by atoms with Crippen molar-refractivity contribution in [1.82, 2.24) is 5.32 Å². The molecule has 0 fully saturated rings. The minimum atomic E-state index is -0.428. The molecule has 6 heteroatoms. The van der Waals surface area contributed by atoms with Crippen LogP contribution in [-0.4, -0.2) is 45.8 Å². The second kappa shape index (κ2) is 9.06. The van der Waals surface area contributed by atoms with Gasteiger partial charge in [-0.05, 0) is 18.2 Å². The van der Waals surface area contributed by atoms with Crippen LogP contribution in [0.3, 0.4) is 0 Å². The van der Waals surface area contributed by atoms with Crippen LogP contribution >= 0.6 is 0 Å². The largest absolute Gasteiger partial charge is 0.465 e. The van der Waals surface area contributed by atoms with E-state index >= 15 is 0 Å². The van der Waals surface area contributed by atoms with E-state index in [1.54, 1.807) is 31.4 Å². The molecule has 0 saturated carbocycles. The van der Waals surface area contributed by atoms with Crippen molar-refractivity contribution < 1.29 is 19.1 Å². The molecule has 1 amide bonds. The van der Waals surface area contributed by atoms with Crippen molar-refractivity contribution in [2.45, 2.75) is 6.42 Å². The predicted molar refractivity (Wildman–Crippen MR) is 75.8 cm³/mol. The molecular weight excluding hydrogens is 260 g/mol. The third kappa shape index (κ3) is 5.81. The molecule has 0 atom stereocenters.